The lowest BCUT2D eigenvalue weighted by molar-refractivity contribution is 0.415. The molecule has 0 atom stereocenters. The highest BCUT2D eigenvalue weighted by Gasteiger charge is 1.98. The highest BCUT2D eigenvalue weighted by atomic mass is 32.1. The van der Waals surface area contributed by atoms with Crippen LogP contribution in [0.1, 0.15) is 18.7 Å². The van der Waals surface area contributed by atoms with Gasteiger partial charge in [0.15, 0.2) is 0 Å². The average Bonchev–Trinajstić information content (AvgIpc) is 2.59. The minimum atomic E-state index is 0.931. The summed E-state index contributed by atoms with van der Waals surface area (Å²) in [6, 6.07) is 8.35. The van der Waals surface area contributed by atoms with Gasteiger partial charge in [0.1, 0.15) is 5.75 Å². The van der Waals surface area contributed by atoms with E-state index in [1.807, 2.05) is 31.3 Å². The number of rotatable bonds is 1. The van der Waals surface area contributed by atoms with E-state index in [1.54, 1.807) is 7.11 Å². The maximum Gasteiger partial charge on any atom is 0.119 e. The molecular weight excluding hydrogens is 192 g/mol. The SMILES string of the molecule is CC.COc1ccc2sc(C)cc2c1. The van der Waals surface area contributed by atoms with Gasteiger partial charge in [-0.25, -0.2) is 0 Å². The molecule has 14 heavy (non-hydrogen) atoms. The normalized spacial score (nSPS) is 9.43. The van der Waals surface area contributed by atoms with Gasteiger partial charge >= 0.3 is 0 Å². The first-order valence-electron chi connectivity index (χ1n) is 4.84. The molecule has 1 nitrogen and oxygen atoms in total. The molecule has 0 aliphatic heterocycles. The Kier molecular flexibility index (Phi) is 3.96. The fraction of sp³-hybridized carbons (Fsp3) is 0.333. The predicted octanol–water partition coefficient (Wildman–Crippen LogP) is 4.24. The maximum atomic E-state index is 5.14. The molecule has 0 saturated heterocycles. The summed E-state index contributed by atoms with van der Waals surface area (Å²) in [5.74, 6) is 0.931. The summed E-state index contributed by atoms with van der Waals surface area (Å²) < 4.78 is 6.46. The first kappa shape index (κ1) is 11.1. The van der Waals surface area contributed by atoms with Gasteiger partial charge in [0.05, 0.1) is 7.11 Å². The minimum Gasteiger partial charge on any atom is -0.497 e. The number of hydrogen-bond donors (Lipinski definition) is 0. The van der Waals surface area contributed by atoms with Gasteiger partial charge in [0.25, 0.3) is 0 Å². The molecule has 0 fully saturated rings. The third kappa shape index (κ3) is 2.26. The van der Waals surface area contributed by atoms with Gasteiger partial charge in [0.2, 0.25) is 0 Å². The second-order valence-corrected chi connectivity index (χ2v) is 4.05. The van der Waals surface area contributed by atoms with Crippen molar-refractivity contribution in [3.8, 4) is 5.75 Å². The Morgan fingerprint density at radius 1 is 1.14 bits per heavy atom. The molecule has 2 heteroatoms. The Morgan fingerprint density at radius 3 is 2.50 bits per heavy atom. The maximum absolute atomic E-state index is 5.14. The highest BCUT2D eigenvalue weighted by Crippen LogP contribution is 2.27. The Hall–Kier alpha value is -1.02. The van der Waals surface area contributed by atoms with E-state index in [0.717, 1.165) is 5.75 Å². The smallest absolute Gasteiger partial charge is 0.119 e. The molecule has 0 unspecified atom stereocenters. The number of hydrogen-bond acceptors (Lipinski definition) is 2. The molecule has 0 aliphatic carbocycles. The van der Waals surface area contributed by atoms with Gasteiger partial charge in [-0.15, -0.1) is 11.3 Å². The van der Waals surface area contributed by atoms with Crippen molar-refractivity contribution in [2.45, 2.75) is 20.8 Å². The Balaban J connectivity index is 0.000000461. The zero-order valence-corrected chi connectivity index (χ0v) is 9.94. The van der Waals surface area contributed by atoms with Crippen LogP contribution in [0.15, 0.2) is 24.3 Å². The lowest BCUT2D eigenvalue weighted by atomic mass is 10.2. The lowest BCUT2D eigenvalue weighted by Gasteiger charge is -1.97. The van der Waals surface area contributed by atoms with Gasteiger partial charge in [0, 0.05) is 9.58 Å². The summed E-state index contributed by atoms with van der Waals surface area (Å²) in [6.45, 7) is 6.12. The van der Waals surface area contributed by atoms with E-state index >= 15 is 0 Å². The molecule has 1 heterocycles. The Labute approximate surface area is 89.3 Å². The van der Waals surface area contributed by atoms with E-state index in [2.05, 4.69) is 25.1 Å². The van der Waals surface area contributed by atoms with E-state index in [-0.39, 0.29) is 0 Å². The molecule has 2 aromatic rings. The number of ether oxygens (including phenoxy) is 1. The number of aryl methyl sites for hydroxylation is 1. The van der Waals surface area contributed by atoms with Crippen molar-refractivity contribution < 1.29 is 4.74 Å². The second kappa shape index (κ2) is 5.01. The molecule has 0 bridgehead atoms. The van der Waals surface area contributed by atoms with Crippen LogP contribution in [0.5, 0.6) is 5.75 Å². The fourth-order valence-corrected chi connectivity index (χ4v) is 2.19. The van der Waals surface area contributed by atoms with E-state index in [9.17, 15) is 0 Å². The lowest BCUT2D eigenvalue weighted by Crippen LogP contribution is -1.79. The average molecular weight is 208 g/mol. The standard InChI is InChI=1S/C10H10OS.C2H6/c1-7-5-8-6-9(11-2)3-4-10(8)12-7;1-2/h3-6H,1-2H3;1-2H3. The van der Waals surface area contributed by atoms with E-state index in [0.29, 0.717) is 0 Å². The Bertz CT molecular complexity index is 404. The number of thiophene rings is 1. The molecule has 0 radical (unpaired) electrons. The largest absolute Gasteiger partial charge is 0.497 e. The van der Waals surface area contributed by atoms with Crippen LogP contribution in [0.25, 0.3) is 10.1 Å². The van der Waals surface area contributed by atoms with Gasteiger partial charge in [-0.2, -0.15) is 0 Å². The van der Waals surface area contributed by atoms with Crippen molar-refractivity contribution in [1.29, 1.82) is 0 Å². The monoisotopic (exact) mass is 208 g/mol. The van der Waals surface area contributed by atoms with Crippen molar-refractivity contribution in [3.63, 3.8) is 0 Å². The van der Waals surface area contributed by atoms with Crippen LogP contribution in [-0.4, -0.2) is 7.11 Å². The van der Waals surface area contributed by atoms with Gasteiger partial charge < -0.3 is 4.74 Å². The molecule has 0 N–H and O–H groups in total. The molecule has 1 aromatic carbocycles. The summed E-state index contributed by atoms with van der Waals surface area (Å²) in [4.78, 5) is 1.35. The van der Waals surface area contributed by atoms with Crippen molar-refractivity contribution in [1.82, 2.24) is 0 Å². The van der Waals surface area contributed by atoms with E-state index < -0.39 is 0 Å². The summed E-state index contributed by atoms with van der Waals surface area (Å²) in [5, 5.41) is 1.27. The van der Waals surface area contributed by atoms with E-state index in [1.165, 1.54) is 15.0 Å². The molecule has 2 rings (SSSR count). The molecular formula is C12H16OS. The fourth-order valence-electron chi connectivity index (χ4n) is 1.28. The highest BCUT2D eigenvalue weighted by molar-refractivity contribution is 7.19. The summed E-state index contributed by atoms with van der Waals surface area (Å²) in [5.41, 5.74) is 0. The van der Waals surface area contributed by atoms with Crippen LogP contribution in [-0.2, 0) is 0 Å². The van der Waals surface area contributed by atoms with Crippen LogP contribution >= 0.6 is 11.3 Å². The quantitative estimate of drug-likeness (QED) is 0.681. The third-order valence-electron chi connectivity index (χ3n) is 1.85. The van der Waals surface area contributed by atoms with Crippen molar-refractivity contribution in [2.24, 2.45) is 0 Å². The second-order valence-electron chi connectivity index (χ2n) is 2.76. The molecule has 0 spiro atoms. The summed E-state index contributed by atoms with van der Waals surface area (Å²) >= 11 is 1.82. The summed E-state index contributed by atoms with van der Waals surface area (Å²) in [7, 11) is 1.69. The molecule has 1 aromatic heterocycles. The first-order chi connectivity index (χ1) is 6.79. The van der Waals surface area contributed by atoms with Gasteiger partial charge in [-0.1, -0.05) is 13.8 Å². The van der Waals surface area contributed by atoms with Crippen LogP contribution in [0.2, 0.25) is 0 Å². The number of fused-ring (bicyclic) bond motifs is 1. The zero-order chi connectivity index (χ0) is 10.6. The summed E-state index contributed by atoms with van der Waals surface area (Å²) in [6.07, 6.45) is 0. The predicted molar refractivity (Wildman–Crippen MR) is 64.5 cm³/mol. The minimum absolute atomic E-state index is 0.931. The molecule has 0 saturated carbocycles. The van der Waals surface area contributed by atoms with Gasteiger partial charge in [-0.05, 0) is 36.6 Å². The van der Waals surface area contributed by atoms with Crippen LogP contribution in [0.3, 0.4) is 0 Å². The first-order valence-corrected chi connectivity index (χ1v) is 5.65. The van der Waals surface area contributed by atoms with E-state index in [4.69, 9.17) is 4.74 Å². The number of benzene rings is 1. The van der Waals surface area contributed by atoms with Crippen LogP contribution in [0.4, 0.5) is 0 Å². The topological polar surface area (TPSA) is 9.23 Å². The Morgan fingerprint density at radius 2 is 1.86 bits per heavy atom. The van der Waals surface area contributed by atoms with Crippen molar-refractivity contribution in [2.75, 3.05) is 7.11 Å². The van der Waals surface area contributed by atoms with Crippen LogP contribution < -0.4 is 4.74 Å². The zero-order valence-electron chi connectivity index (χ0n) is 9.13. The third-order valence-corrected chi connectivity index (χ3v) is 2.88. The molecule has 0 aliphatic rings. The van der Waals surface area contributed by atoms with Crippen molar-refractivity contribution in [3.05, 3.63) is 29.1 Å². The number of methoxy groups -OCH3 is 1. The van der Waals surface area contributed by atoms with Gasteiger partial charge in [-0.3, -0.25) is 0 Å². The molecule has 76 valence electrons. The molecule has 0 amide bonds. The van der Waals surface area contributed by atoms with Crippen molar-refractivity contribution >= 4 is 21.4 Å². The van der Waals surface area contributed by atoms with Crippen LogP contribution in [0, 0.1) is 6.92 Å².